The molecule has 0 radical (unpaired) electrons. The zero-order valence-electron chi connectivity index (χ0n) is 17.0. The third kappa shape index (κ3) is 4.08. The summed E-state index contributed by atoms with van der Waals surface area (Å²) in [5, 5.41) is 4.31. The van der Waals surface area contributed by atoms with Crippen molar-refractivity contribution in [1.29, 1.82) is 0 Å². The van der Waals surface area contributed by atoms with E-state index in [2.05, 4.69) is 17.2 Å². The smallest absolute Gasteiger partial charge is 0.163 e. The summed E-state index contributed by atoms with van der Waals surface area (Å²) in [4.78, 5) is 13.8. The first-order chi connectivity index (χ1) is 14.7. The molecule has 152 valence electrons. The lowest BCUT2D eigenvalue weighted by Gasteiger charge is -2.15. The molecule has 0 unspecified atom stereocenters. The van der Waals surface area contributed by atoms with Crippen molar-refractivity contribution in [3.8, 4) is 28.3 Å². The largest absolute Gasteiger partial charge is 0.494 e. The maximum absolute atomic E-state index is 13.4. The molecule has 4 rings (SSSR count). The van der Waals surface area contributed by atoms with Crippen molar-refractivity contribution in [2.45, 2.75) is 19.8 Å². The highest BCUT2D eigenvalue weighted by Gasteiger charge is 2.15. The predicted molar refractivity (Wildman–Crippen MR) is 118 cm³/mol. The Labute approximate surface area is 175 Å². The van der Waals surface area contributed by atoms with Gasteiger partial charge in [-0.05, 0) is 53.9 Å². The monoisotopic (exact) mass is 402 g/mol. The van der Waals surface area contributed by atoms with E-state index in [4.69, 9.17) is 14.7 Å². The molecule has 1 N–H and O–H groups in total. The van der Waals surface area contributed by atoms with Crippen LogP contribution in [0.25, 0.3) is 33.4 Å². The van der Waals surface area contributed by atoms with Crippen molar-refractivity contribution >= 4 is 16.7 Å². The summed E-state index contributed by atoms with van der Waals surface area (Å²) in [5.41, 5.74) is 3.36. The minimum atomic E-state index is -0.266. The van der Waals surface area contributed by atoms with Gasteiger partial charge < -0.3 is 10.1 Å². The van der Waals surface area contributed by atoms with Gasteiger partial charge >= 0.3 is 0 Å². The van der Waals surface area contributed by atoms with Gasteiger partial charge in [0, 0.05) is 29.9 Å². The number of aromatic nitrogens is 3. The van der Waals surface area contributed by atoms with Crippen LogP contribution in [-0.2, 0) is 0 Å². The van der Waals surface area contributed by atoms with Crippen molar-refractivity contribution < 1.29 is 9.13 Å². The highest BCUT2D eigenvalue weighted by atomic mass is 19.1. The van der Waals surface area contributed by atoms with E-state index in [-0.39, 0.29) is 5.82 Å². The summed E-state index contributed by atoms with van der Waals surface area (Å²) < 4.78 is 19.1. The molecule has 0 fully saturated rings. The van der Waals surface area contributed by atoms with Crippen LogP contribution in [0, 0.1) is 5.82 Å². The zero-order valence-corrected chi connectivity index (χ0v) is 17.0. The fourth-order valence-corrected chi connectivity index (χ4v) is 3.31. The minimum Gasteiger partial charge on any atom is -0.494 e. The standard InChI is InChI=1S/C24H23FN4O/c1-3-4-12-27-24-20-13-18(16-7-9-19(25)10-8-16)14-21(30-2)22(20)28-23(29-24)17-6-5-11-26-15-17/h5-11,13-15H,3-4,12H2,1-2H3,(H,27,28,29). The summed E-state index contributed by atoms with van der Waals surface area (Å²) in [5.74, 6) is 1.70. The van der Waals surface area contributed by atoms with Gasteiger partial charge in [0.05, 0.1) is 7.11 Å². The number of methoxy groups -OCH3 is 1. The van der Waals surface area contributed by atoms with Crippen LogP contribution in [0.2, 0.25) is 0 Å². The summed E-state index contributed by atoms with van der Waals surface area (Å²) in [6.45, 7) is 2.95. The number of ether oxygens (including phenoxy) is 1. The van der Waals surface area contributed by atoms with Crippen LogP contribution in [0.1, 0.15) is 19.8 Å². The molecule has 0 saturated heterocycles. The van der Waals surface area contributed by atoms with Gasteiger partial charge in [-0.25, -0.2) is 14.4 Å². The predicted octanol–water partition coefficient (Wildman–Crippen LogP) is 5.72. The van der Waals surface area contributed by atoms with E-state index >= 15 is 0 Å². The van der Waals surface area contributed by atoms with Crippen LogP contribution in [0.3, 0.4) is 0 Å². The fraction of sp³-hybridized carbons (Fsp3) is 0.208. The highest BCUT2D eigenvalue weighted by molar-refractivity contribution is 5.97. The molecule has 2 aromatic heterocycles. The molecule has 0 spiro atoms. The molecule has 0 aliphatic heterocycles. The number of pyridine rings is 1. The van der Waals surface area contributed by atoms with Gasteiger partial charge in [0.15, 0.2) is 5.82 Å². The number of nitrogens with zero attached hydrogens (tertiary/aromatic N) is 3. The quantitative estimate of drug-likeness (QED) is 0.401. The lowest BCUT2D eigenvalue weighted by Crippen LogP contribution is -2.06. The molecule has 0 saturated carbocycles. The van der Waals surface area contributed by atoms with Gasteiger partial charge in [0.1, 0.15) is 22.9 Å². The molecule has 5 nitrogen and oxygen atoms in total. The Kier molecular flexibility index (Phi) is 5.84. The second-order valence-electron chi connectivity index (χ2n) is 7.00. The number of nitrogens with one attached hydrogen (secondary N) is 1. The third-order valence-corrected chi connectivity index (χ3v) is 4.91. The van der Waals surface area contributed by atoms with Crippen molar-refractivity contribution in [1.82, 2.24) is 15.0 Å². The van der Waals surface area contributed by atoms with Crippen LogP contribution < -0.4 is 10.1 Å². The second-order valence-corrected chi connectivity index (χ2v) is 7.00. The number of fused-ring (bicyclic) bond motifs is 1. The average molecular weight is 402 g/mol. The van der Waals surface area contributed by atoms with Crippen molar-refractivity contribution in [3.05, 3.63) is 66.7 Å². The Hall–Kier alpha value is -3.54. The molecule has 0 bridgehead atoms. The van der Waals surface area contributed by atoms with Crippen LogP contribution >= 0.6 is 0 Å². The Morgan fingerprint density at radius 2 is 1.83 bits per heavy atom. The van der Waals surface area contributed by atoms with Crippen LogP contribution in [0.5, 0.6) is 5.75 Å². The Bertz CT molecular complexity index is 1150. The summed E-state index contributed by atoms with van der Waals surface area (Å²) in [6, 6.07) is 14.2. The van der Waals surface area contributed by atoms with E-state index < -0.39 is 0 Å². The maximum atomic E-state index is 13.4. The summed E-state index contributed by atoms with van der Waals surface area (Å²) in [6.07, 6.45) is 5.58. The fourth-order valence-electron chi connectivity index (χ4n) is 3.31. The van der Waals surface area contributed by atoms with Crippen molar-refractivity contribution in [2.24, 2.45) is 0 Å². The van der Waals surface area contributed by atoms with E-state index in [0.29, 0.717) is 11.6 Å². The van der Waals surface area contributed by atoms with E-state index in [1.807, 2.05) is 24.3 Å². The molecule has 4 aromatic rings. The molecule has 0 amide bonds. The molecule has 0 atom stereocenters. The number of hydrogen-bond acceptors (Lipinski definition) is 5. The average Bonchev–Trinajstić information content (AvgIpc) is 2.79. The second kappa shape index (κ2) is 8.86. The molecular weight excluding hydrogens is 379 g/mol. The van der Waals surface area contributed by atoms with Crippen molar-refractivity contribution in [3.63, 3.8) is 0 Å². The Balaban J connectivity index is 1.91. The van der Waals surface area contributed by atoms with Gasteiger partial charge in [-0.2, -0.15) is 0 Å². The number of unbranched alkanes of at least 4 members (excludes halogenated alkanes) is 1. The van der Waals surface area contributed by atoms with E-state index in [9.17, 15) is 4.39 Å². The SMILES string of the molecule is CCCCNc1nc(-c2cccnc2)nc2c(OC)cc(-c3ccc(F)cc3)cc12. The van der Waals surface area contributed by atoms with Gasteiger partial charge in [0.2, 0.25) is 0 Å². The highest BCUT2D eigenvalue weighted by Crippen LogP contribution is 2.36. The van der Waals surface area contributed by atoms with Crippen LogP contribution in [-0.4, -0.2) is 28.6 Å². The topological polar surface area (TPSA) is 59.9 Å². The van der Waals surface area contributed by atoms with Crippen molar-refractivity contribution in [2.75, 3.05) is 19.0 Å². The zero-order chi connectivity index (χ0) is 20.9. The van der Waals surface area contributed by atoms with Crippen LogP contribution in [0.4, 0.5) is 10.2 Å². The van der Waals surface area contributed by atoms with E-state index in [1.165, 1.54) is 12.1 Å². The van der Waals surface area contributed by atoms with Gasteiger partial charge in [-0.15, -0.1) is 0 Å². The molecule has 2 aromatic carbocycles. The first-order valence-electron chi connectivity index (χ1n) is 9.99. The molecule has 6 heteroatoms. The first kappa shape index (κ1) is 19.8. The van der Waals surface area contributed by atoms with E-state index in [1.54, 1.807) is 31.6 Å². The summed E-state index contributed by atoms with van der Waals surface area (Å²) in [7, 11) is 1.62. The number of benzene rings is 2. The number of rotatable bonds is 7. The van der Waals surface area contributed by atoms with Gasteiger partial charge in [-0.3, -0.25) is 4.98 Å². The Morgan fingerprint density at radius 3 is 2.53 bits per heavy atom. The van der Waals surface area contributed by atoms with E-state index in [0.717, 1.165) is 52.8 Å². The van der Waals surface area contributed by atoms with Gasteiger partial charge in [0.25, 0.3) is 0 Å². The number of hydrogen-bond donors (Lipinski definition) is 1. The molecule has 0 aliphatic rings. The first-order valence-corrected chi connectivity index (χ1v) is 9.99. The number of anilines is 1. The normalized spacial score (nSPS) is 10.9. The lowest BCUT2D eigenvalue weighted by molar-refractivity contribution is 0.419. The molecule has 30 heavy (non-hydrogen) atoms. The minimum absolute atomic E-state index is 0.266. The number of halogens is 1. The summed E-state index contributed by atoms with van der Waals surface area (Å²) >= 11 is 0. The third-order valence-electron chi connectivity index (χ3n) is 4.91. The lowest BCUT2D eigenvalue weighted by atomic mass is 10.0. The Morgan fingerprint density at radius 1 is 1.00 bits per heavy atom. The molecule has 0 aliphatic carbocycles. The molecular formula is C24H23FN4O. The molecule has 2 heterocycles. The van der Waals surface area contributed by atoms with Gasteiger partial charge in [-0.1, -0.05) is 25.5 Å². The maximum Gasteiger partial charge on any atom is 0.163 e. The van der Waals surface area contributed by atoms with Crippen LogP contribution in [0.15, 0.2) is 60.9 Å².